The van der Waals surface area contributed by atoms with Gasteiger partial charge < -0.3 is 10.5 Å². The van der Waals surface area contributed by atoms with Gasteiger partial charge in [0.2, 0.25) is 0 Å². The molecule has 17 heavy (non-hydrogen) atoms. The van der Waals surface area contributed by atoms with Crippen molar-refractivity contribution in [3.63, 3.8) is 0 Å². The lowest BCUT2D eigenvalue weighted by atomic mass is 10.3. The topological polar surface area (TPSA) is 69.4 Å². The molecule has 0 atom stereocenters. The lowest BCUT2D eigenvalue weighted by Crippen LogP contribution is -2.06. The standard InChI is InChI=1S/C12H19NO3S/c1-3-5-8-16-12-7-6-10(9-11(12)13)17(14,15)4-2/h6-7,9H,3-5,8,13H2,1-2H3. The summed E-state index contributed by atoms with van der Waals surface area (Å²) in [5.41, 5.74) is 6.14. The highest BCUT2D eigenvalue weighted by molar-refractivity contribution is 7.91. The van der Waals surface area contributed by atoms with Crippen LogP contribution in [-0.4, -0.2) is 20.8 Å². The smallest absolute Gasteiger partial charge is 0.178 e. The van der Waals surface area contributed by atoms with E-state index in [0.717, 1.165) is 12.8 Å². The van der Waals surface area contributed by atoms with Gasteiger partial charge in [-0.25, -0.2) is 8.42 Å². The summed E-state index contributed by atoms with van der Waals surface area (Å²) < 4.78 is 28.7. The van der Waals surface area contributed by atoms with Crippen LogP contribution in [0.2, 0.25) is 0 Å². The average Bonchev–Trinajstić information content (AvgIpc) is 2.31. The summed E-state index contributed by atoms with van der Waals surface area (Å²) in [7, 11) is -3.20. The minimum atomic E-state index is -3.20. The van der Waals surface area contributed by atoms with Crippen LogP contribution in [0.5, 0.6) is 5.75 Å². The molecule has 96 valence electrons. The molecule has 0 amide bonds. The van der Waals surface area contributed by atoms with Gasteiger partial charge in [-0.05, 0) is 24.6 Å². The van der Waals surface area contributed by atoms with Crippen LogP contribution in [-0.2, 0) is 9.84 Å². The van der Waals surface area contributed by atoms with Crippen molar-refractivity contribution in [3.8, 4) is 5.75 Å². The van der Waals surface area contributed by atoms with Gasteiger partial charge in [0.25, 0.3) is 0 Å². The lowest BCUT2D eigenvalue weighted by molar-refractivity contribution is 0.311. The number of unbranched alkanes of at least 4 members (excludes halogenated alkanes) is 1. The van der Waals surface area contributed by atoms with E-state index in [4.69, 9.17) is 10.5 Å². The second-order valence-electron chi connectivity index (χ2n) is 3.81. The molecular formula is C12H19NO3S. The van der Waals surface area contributed by atoms with Crippen molar-refractivity contribution in [2.45, 2.75) is 31.6 Å². The number of rotatable bonds is 6. The number of sulfone groups is 1. The molecule has 0 aliphatic rings. The summed E-state index contributed by atoms with van der Waals surface area (Å²) in [6, 6.07) is 4.62. The van der Waals surface area contributed by atoms with Crippen molar-refractivity contribution in [1.29, 1.82) is 0 Å². The quantitative estimate of drug-likeness (QED) is 0.627. The van der Waals surface area contributed by atoms with Crippen LogP contribution in [0.1, 0.15) is 26.7 Å². The molecule has 0 bridgehead atoms. The maximum atomic E-state index is 11.6. The average molecular weight is 257 g/mol. The van der Waals surface area contributed by atoms with Gasteiger partial charge in [-0.3, -0.25) is 0 Å². The Morgan fingerprint density at radius 1 is 1.29 bits per heavy atom. The van der Waals surface area contributed by atoms with Crippen LogP contribution in [0, 0.1) is 0 Å². The van der Waals surface area contributed by atoms with E-state index in [9.17, 15) is 8.42 Å². The number of benzene rings is 1. The minimum Gasteiger partial charge on any atom is -0.491 e. The Kier molecular flexibility index (Phi) is 4.81. The molecular weight excluding hydrogens is 238 g/mol. The van der Waals surface area contributed by atoms with E-state index < -0.39 is 9.84 Å². The Bertz CT molecular complexity index is 469. The number of nitrogen functional groups attached to an aromatic ring is 1. The van der Waals surface area contributed by atoms with Crippen molar-refractivity contribution in [2.75, 3.05) is 18.1 Å². The summed E-state index contributed by atoms with van der Waals surface area (Å²) in [5, 5.41) is 0. The highest BCUT2D eigenvalue weighted by Crippen LogP contribution is 2.25. The van der Waals surface area contributed by atoms with Crippen molar-refractivity contribution >= 4 is 15.5 Å². The van der Waals surface area contributed by atoms with Crippen LogP contribution in [0.4, 0.5) is 5.69 Å². The molecule has 2 N–H and O–H groups in total. The molecule has 0 aliphatic carbocycles. The fourth-order valence-electron chi connectivity index (χ4n) is 1.34. The molecule has 1 aromatic carbocycles. The number of hydrogen-bond donors (Lipinski definition) is 1. The number of hydrogen-bond acceptors (Lipinski definition) is 4. The zero-order valence-electron chi connectivity index (χ0n) is 10.3. The van der Waals surface area contributed by atoms with Crippen molar-refractivity contribution in [3.05, 3.63) is 18.2 Å². The second-order valence-corrected chi connectivity index (χ2v) is 6.08. The van der Waals surface area contributed by atoms with E-state index >= 15 is 0 Å². The van der Waals surface area contributed by atoms with Crippen molar-refractivity contribution in [2.24, 2.45) is 0 Å². The van der Waals surface area contributed by atoms with Crippen LogP contribution >= 0.6 is 0 Å². The highest BCUT2D eigenvalue weighted by Gasteiger charge is 2.13. The molecule has 0 radical (unpaired) electrons. The Morgan fingerprint density at radius 3 is 2.53 bits per heavy atom. The Balaban J connectivity index is 2.87. The van der Waals surface area contributed by atoms with Crippen LogP contribution in [0.15, 0.2) is 23.1 Å². The van der Waals surface area contributed by atoms with Gasteiger partial charge in [-0.15, -0.1) is 0 Å². The van der Waals surface area contributed by atoms with E-state index in [-0.39, 0.29) is 10.6 Å². The Morgan fingerprint density at radius 2 is 2.00 bits per heavy atom. The first-order valence-corrected chi connectivity index (χ1v) is 7.41. The minimum absolute atomic E-state index is 0.0719. The molecule has 0 aliphatic heterocycles. The SMILES string of the molecule is CCCCOc1ccc(S(=O)(=O)CC)cc1N. The molecule has 0 heterocycles. The first kappa shape index (κ1) is 13.8. The maximum Gasteiger partial charge on any atom is 0.178 e. The van der Waals surface area contributed by atoms with Crippen LogP contribution in [0.3, 0.4) is 0 Å². The predicted octanol–water partition coefficient (Wildman–Crippen LogP) is 2.24. The summed E-state index contributed by atoms with van der Waals surface area (Å²) >= 11 is 0. The van der Waals surface area contributed by atoms with Gasteiger partial charge in [0.1, 0.15) is 5.75 Å². The molecule has 0 spiro atoms. The van der Waals surface area contributed by atoms with Crippen LogP contribution in [0.25, 0.3) is 0 Å². The normalized spacial score (nSPS) is 11.4. The third kappa shape index (κ3) is 3.63. The monoisotopic (exact) mass is 257 g/mol. The summed E-state index contributed by atoms with van der Waals surface area (Å²) in [6.45, 7) is 4.28. The number of nitrogens with two attached hydrogens (primary N) is 1. The van der Waals surface area contributed by atoms with Crippen molar-refractivity contribution in [1.82, 2.24) is 0 Å². The fraction of sp³-hybridized carbons (Fsp3) is 0.500. The molecule has 0 fully saturated rings. The van der Waals surface area contributed by atoms with Gasteiger partial charge in [0, 0.05) is 0 Å². The van der Waals surface area contributed by atoms with E-state index in [1.807, 2.05) is 0 Å². The largest absolute Gasteiger partial charge is 0.491 e. The summed E-state index contributed by atoms with van der Waals surface area (Å²) in [5.74, 6) is 0.621. The summed E-state index contributed by atoms with van der Waals surface area (Å²) in [6.07, 6.45) is 2.00. The van der Waals surface area contributed by atoms with Gasteiger partial charge in [-0.1, -0.05) is 20.3 Å². The molecule has 1 aromatic rings. The van der Waals surface area contributed by atoms with Crippen molar-refractivity contribution < 1.29 is 13.2 Å². The number of ether oxygens (including phenoxy) is 1. The Hall–Kier alpha value is -1.23. The molecule has 5 heteroatoms. The molecule has 0 saturated heterocycles. The second kappa shape index (κ2) is 5.91. The third-order valence-electron chi connectivity index (χ3n) is 2.48. The fourth-order valence-corrected chi connectivity index (χ4v) is 2.26. The van der Waals surface area contributed by atoms with E-state index in [0.29, 0.717) is 18.0 Å². The molecule has 1 rings (SSSR count). The molecule has 0 unspecified atom stereocenters. The van der Waals surface area contributed by atoms with E-state index in [1.165, 1.54) is 12.1 Å². The van der Waals surface area contributed by atoms with E-state index in [1.54, 1.807) is 13.0 Å². The Labute approximate surface area is 103 Å². The molecule has 4 nitrogen and oxygen atoms in total. The van der Waals surface area contributed by atoms with Gasteiger partial charge in [0.05, 0.1) is 22.9 Å². The maximum absolute atomic E-state index is 11.6. The van der Waals surface area contributed by atoms with Gasteiger partial charge >= 0.3 is 0 Å². The van der Waals surface area contributed by atoms with Crippen LogP contribution < -0.4 is 10.5 Å². The predicted molar refractivity (Wildman–Crippen MR) is 69.0 cm³/mol. The third-order valence-corrected chi connectivity index (χ3v) is 4.21. The number of anilines is 1. The summed E-state index contributed by atoms with van der Waals surface area (Å²) in [4.78, 5) is 0.250. The highest BCUT2D eigenvalue weighted by atomic mass is 32.2. The molecule has 0 aromatic heterocycles. The van der Waals surface area contributed by atoms with Gasteiger partial charge in [0.15, 0.2) is 9.84 Å². The molecule has 0 saturated carbocycles. The zero-order chi connectivity index (χ0) is 12.9. The lowest BCUT2D eigenvalue weighted by Gasteiger charge is -2.09. The van der Waals surface area contributed by atoms with E-state index in [2.05, 4.69) is 6.92 Å². The first-order chi connectivity index (χ1) is 8.01. The first-order valence-electron chi connectivity index (χ1n) is 5.76. The zero-order valence-corrected chi connectivity index (χ0v) is 11.1. The van der Waals surface area contributed by atoms with Gasteiger partial charge in [-0.2, -0.15) is 0 Å².